The minimum Gasteiger partial charge on any atom is -0.382 e. The first kappa shape index (κ1) is 17.2. The van der Waals surface area contributed by atoms with E-state index in [0.717, 1.165) is 12.5 Å². The maximum atomic E-state index is 6.53. The maximum Gasteiger partial charge on any atom is 0.0936 e. The molecule has 2 bridgehead atoms. The van der Waals surface area contributed by atoms with Crippen LogP contribution in [0.2, 0.25) is 0 Å². The van der Waals surface area contributed by atoms with Crippen molar-refractivity contribution in [3.63, 3.8) is 0 Å². The Morgan fingerprint density at radius 3 is 2.33 bits per heavy atom. The summed E-state index contributed by atoms with van der Waals surface area (Å²) in [6.07, 6.45) is 4.43. The fourth-order valence-electron chi connectivity index (χ4n) is 4.32. The summed E-state index contributed by atoms with van der Waals surface area (Å²) >= 11 is 0. The van der Waals surface area contributed by atoms with Gasteiger partial charge in [0, 0.05) is 19.2 Å². The highest BCUT2D eigenvalue weighted by atomic mass is 16.5. The van der Waals surface area contributed by atoms with Crippen molar-refractivity contribution in [3.8, 4) is 0 Å². The summed E-state index contributed by atoms with van der Waals surface area (Å²) in [5, 5.41) is 3.55. The average molecular weight is 297 g/mol. The third-order valence-corrected chi connectivity index (χ3v) is 6.28. The molecule has 2 fully saturated rings. The van der Waals surface area contributed by atoms with Crippen LogP contribution in [0, 0.1) is 16.7 Å². The number of fused-ring (bicyclic) bond motifs is 2. The van der Waals surface area contributed by atoms with Crippen molar-refractivity contribution >= 4 is 0 Å². The van der Waals surface area contributed by atoms with Gasteiger partial charge in [0.05, 0.1) is 18.8 Å². The van der Waals surface area contributed by atoms with Crippen LogP contribution < -0.4 is 5.32 Å². The Morgan fingerprint density at radius 2 is 1.90 bits per heavy atom. The molecule has 21 heavy (non-hydrogen) atoms. The summed E-state index contributed by atoms with van der Waals surface area (Å²) in [6.45, 7) is 15.4. The Kier molecular flexibility index (Phi) is 4.78. The molecule has 2 saturated carbocycles. The quantitative estimate of drug-likeness (QED) is 0.812. The van der Waals surface area contributed by atoms with Crippen LogP contribution in [0.15, 0.2) is 0 Å². The second kappa shape index (κ2) is 5.82. The van der Waals surface area contributed by atoms with E-state index in [1.54, 1.807) is 7.11 Å². The highest BCUT2D eigenvalue weighted by Crippen LogP contribution is 2.66. The van der Waals surface area contributed by atoms with Crippen molar-refractivity contribution in [2.24, 2.45) is 16.7 Å². The molecule has 4 atom stereocenters. The fraction of sp³-hybridized carbons (Fsp3) is 1.00. The number of hydrogen-bond donors (Lipinski definition) is 1. The van der Waals surface area contributed by atoms with E-state index in [1.165, 1.54) is 19.3 Å². The molecule has 0 spiro atoms. The minimum absolute atomic E-state index is 0.118. The third kappa shape index (κ3) is 3.30. The Bertz CT molecular complexity index is 361. The SMILES string of the molecule is COCC(CNC(C)(C)C)OC1CC2CCC1(C)C2(C)C. The molecule has 4 unspecified atom stereocenters. The second-order valence-electron chi connectivity index (χ2n) is 8.94. The fourth-order valence-corrected chi connectivity index (χ4v) is 4.32. The Labute approximate surface area is 131 Å². The smallest absolute Gasteiger partial charge is 0.0936 e. The molecule has 124 valence electrons. The summed E-state index contributed by atoms with van der Waals surface area (Å²) in [5.41, 5.74) is 0.853. The van der Waals surface area contributed by atoms with E-state index in [1.807, 2.05) is 0 Å². The first-order chi connectivity index (χ1) is 9.60. The van der Waals surface area contributed by atoms with E-state index in [4.69, 9.17) is 9.47 Å². The molecule has 0 radical (unpaired) electrons. The number of methoxy groups -OCH3 is 1. The normalized spacial score (nSPS) is 36.1. The molecule has 3 heteroatoms. The number of ether oxygens (including phenoxy) is 2. The molecule has 0 aromatic rings. The topological polar surface area (TPSA) is 30.5 Å². The molecule has 2 aliphatic rings. The zero-order valence-corrected chi connectivity index (χ0v) is 15.1. The van der Waals surface area contributed by atoms with Gasteiger partial charge in [-0.2, -0.15) is 0 Å². The van der Waals surface area contributed by atoms with E-state index < -0.39 is 0 Å². The first-order valence-corrected chi connectivity index (χ1v) is 8.49. The van der Waals surface area contributed by atoms with Gasteiger partial charge in [-0.15, -0.1) is 0 Å². The van der Waals surface area contributed by atoms with Crippen molar-refractivity contribution in [2.75, 3.05) is 20.3 Å². The zero-order valence-electron chi connectivity index (χ0n) is 15.1. The van der Waals surface area contributed by atoms with Crippen molar-refractivity contribution in [3.05, 3.63) is 0 Å². The monoisotopic (exact) mass is 297 g/mol. The molecular weight excluding hydrogens is 262 g/mol. The lowest BCUT2D eigenvalue weighted by molar-refractivity contribution is -0.105. The van der Waals surface area contributed by atoms with Gasteiger partial charge in [0.15, 0.2) is 0 Å². The van der Waals surface area contributed by atoms with Crippen molar-refractivity contribution in [2.45, 2.75) is 78.6 Å². The van der Waals surface area contributed by atoms with E-state index in [9.17, 15) is 0 Å². The number of hydrogen-bond acceptors (Lipinski definition) is 3. The van der Waals surface area contributed by atoms with Crippen LogP contribution in [0.3, 0.4) is 0 Å². The highest BCUT2D eigenvalue weighted by Gasteiger charge is 2.62. The van der Waals surface area contributed by atoms with Crippen molar-refractivity contribution in [1.29, 1.82) is 0 Å². The van der Waals surface area contributed by atoms with Gasteiger partial charge in [-0.05, 0) is 56.8 Å². The second-order valence-corrected chi connectivity index (χ2v) is 8.94. The van der Waals surface area contributed by atoms with Crippen LogP contribution in [0.1, 0.15) is 60.8 Å². The van der Waals surface area contributed by atoms with Crippen molar-refractivity contribution in [1.82, 2.24) is 5.32 Å². The molecular formula is C18H35NO2. The largest absolute Gasteiger partial charge is 0.382 e. The molecule has 3 nitrogen and oxygen atoms in total. The van der Waals surface area contributed by atoms with Crippen molar-refractivity contribution < 1.29 is 9.47 Å². The Balaban J connectivity index is 1.98. The van der Waals surface area contributed by atoms with Gasteiger partial charge < -0.3 is 14.8 Å². The predicted molar refractivity (Wildman–Crippen MR) is 87.5 cm³/mol. The van der Waals surface area contributed by atoms with Crippen LogP contribution in [0.5, 0.6) is 0 Å². The standard InChI is InChI=1S/C18H35NO2/c1-16(2,3)19-11-14(12-20-7)21-15-10-13-8-9-18(15,6)17(13,4)5/h13-15,19H,8-12H2,1-7H3. The summed E-state index contributed by atoms with van der Waals surface area (Å²) < 4.78 is 11.9. The molecule has 0 aromatic heterocycles. The Morgan fingerprint density at radius 1 is 1.24 bits per heavy atom. The molecule has 0 amide bonds. The lowest BCUT2D eigenvalue weighted by atomic mass is 9.70. The average Bonchev–Trinajstić information content (AvgIpc) is 2.68. The minimum atomic E-state index is 0.118. The maximum absolute atomic E-state index is 6.53. The van der Waals surface area contributed by atoms with Gasteiger partial charge in [0.1, 0.15) is 0 Å². The number of nitrogens with one attached hydrogen (secondary N) is 1. The molecule has 0 heterocycles. The molecule has 1 N–H and O–H groups in total. The van der Waals surface area contributed by atoms with E-state index in [0.29, 0.717) is 23.5 Å². The Hall–Kier alpha value is -0.120. The molecule has 0 aromatic carbocycles. The lowest BCUT2D eigenvalue weighted by Gasteiger charge is -2.40. The molecule has 0 saturated heterocycles. The third-order valence-electron chi connectivity index (χ3n) is 6.28. The van der Waals surface area contributed by atoms with Gasteiger partial charge in [0.2, 0.25) is 0 Å². The van der Waals surface area contributed by atoms with Crippen LogP contribution in [0.4, 0.5) is 0 Å². The van der Waals surface area contributed by atoms with Gasteiger partial charge in [-0.3, -0.25) is 0 Å². The van der Waals surface area contributed by atoms with Gasteiger partial charge >= 0.3 is 0 Å². The molecule has 2 rings (SSSR count). The van der Waals surface area contributed by atoms with Gasteiger partial charge in [0.25, 0.3) is 0 Å². The van der Waals surface area contributed by atoms with Gasteiger partial charge in [-0.1, -0.05) is 20.8 Å². The number of rotatable bonds is 6. The van der Waals surface area contributed by atoms with Crippen LogP contribution in [-0.2, 0) is 9.47 Å². The first-order valence-electron chi connectivity index (χ1n) is 8.49. The molecule has 2 aliphatic carbocycles. The summed E-state index contributed by atoms with van der Waals surface area (Å²) in [7, 11) is 1.76. The lowest BCUT2D eigenvalue weighted by Crippen LogP contribution is -2.46. The van der Waals surface area contributed by atoms with E-state index >= 15 is 0 Å². The zero-order chi connectivity index (χ0) is 15.9. The summed E-state index contributed by atoms with van der Waals surface area (Å²) in [4.78, 5) is 0. The van der Waals surface area contributed by atoms with E-state index in [2.05, 4.69) is 46.9 Å². The van der Waals surface area contributed by atoms with Crippen LogP contribution >= 0.6 is 0 Å². The van der Waals surface area contributed by atoms with Crippen LogP contribution in [-0.4, -0.2) is 38.0 Å². The van der Waals surface area contributed by atoms with Gasteiger partial charge in [-0.25, -0.2) is 0 Å². The summed E-state index contributed by atoms with van der Waals surface area (Å²) in [6, 6.07) is 0. The highest BCUT2D eigenvalue weighted by molar-refractivity contribution is 5.11. The van der Waals surface area contributed by atoms with Crippen LogP contribution in [0.25, 0.3) is 0 Å². The summed E-state index contributed by atoms with van der Waals surface area (Å²) in [5.74, 6) is 0.825. The molecule has 0 aliphatic heterocycles. The predicted octanol–water partition coefficient (Wildman–Crippen LogP) is 3.62. The van der Waals surface area contributed by atoms with E-state index in [-0.39, 0.29) is 11.6 Å².